The second kappa shape index (κ2) is 7.73. The summed E-state index contributed by atoms with van der Waals surface area (Å²) in [6.45, 7) is 4.15. The van der Waals surface area contributed by atoms with E-state index in [1.807, 2.05) is 0 Å². The van der Waals surface area contributed by atoms with Crippen LogP contribution in [0.2, 0.25) is 0 Å². The van der Waals surface area contributed by atoms with Crippen molar-refractivity contribution in [3.63, 3.8) is 0 Å². The van der Waals surface area contributed by atoms with Gasteiger partial charge in [0.1, 0.15) is 0 Å². The first-order chi connectivity index (χ1) is 13.2. The maximum atomic E-state index is 13.1. The zero-order valence-electron chi connectivity index (χ0n) is 15.7. The molecular formula is C19H22F3N3O3. The van der Waals surface area contributed by atoms with Gasteiger partial charge < -0.3 is 20.3 Å². The van der Waals surface area contributed by atoms with E-state index >= 15 is 0 Å². The Morgan fingerprint density at radius 1 is 1.36 bits per heavy atom. The van der Waals surface area contributed by atoms with E-state index in [4.69, 9.17) is 4.74 Å². The number of aryl methyl sites for hydroxylation is 1. The zero-order chi connectivity index (χ0) is 20.5. The molecule has 2 aliphatic heterocycles. The fourth-order valence-corrected chi connectivity index (χ4v) is 3.59. The molecule has 0 aliphatic carbocycles. The third kappa shape index (κ3) is 4.07. The van der Waals surface area contributed by atoms with Crippen molar-refractivity contribution in [1.82, 2.24) is 10.6 Å². The zero-order valence-corrected chi connectivity index (χ0v) is 15.7. The molecule has 152 valence electrons. The molecule has 1 aromatic carbocycles. The van der Waals surface area contributed by atoms with E-state index < -0.39 is 29.8 Å². The van der Waals surface area contributed by atoms with E-state index in [0.717, 1.165) is 24.1 Å². The molecule has 0 fully saturated rings. The maximum absolute atomic E-state index is 13.1. The van der Waals surface area contributed by atoms with Crippen LogP contribution in [0.5, 0.6) is 0 Å². The van der Waals surface area contributed by atoms with Crippen molar-refractivity contribution >= 4 is 17.7 Å². The molecule has 0 spiro atoms. The number of halogens is 3. The van der Waals surface area contributed by atoms with E-state index in [1.165, 1.54) is 6.07 Å². The topological polar surface area (TPSA) is 70.7 Å². The van der Waals surface area contributed by atoms with Gasteiger partial charge in [-0.3, -0.25) is 0 Å². The molecule has 0 unspecified atom stereocenters. The monoisotopic (exact) mass is 397 g/mol. The number of fused-ring (bicyclic) bond motifs is 1. The van der Waals surface area contributed by atoms with Gasteiger partial charge in [-0.1, -0.05) is 6.07 Å². The van der Waals surface area contributed by atoms with Crippen LogP contribution in [0.4, 0.5) is 23.7 Å². The van der Waals surface area contributed by atoms with Gasteiger partial charge in [-0.2, -0.15) is 13.2 Å². The van der Waals surface area contributed by atoms with Gasteiger partial charge in [0.05, 0.1) is 36.0 Å². The normalized spacial score (nSPS) is 19.7. The van der Waals surface area contributed by atoms with Crippen LogP contribution in [0.15, 0.2) is 29.5 Å². The number of carbonyl (C=O) groups is 2. The Hall–Kier alpha value is -2.71. The summed E-state index contributed by atoms with van der Waals surface area (Å²) in [5, 5.41) is 5.23. The number of hydrogen-bond donors (Lipinski definition) is 2. The molecule has 0 saturated heterocycles. The van der Waals surface area contributed by atoms with Crippen LogP contribution in [0.3, 0.4) is 0 Å². The number of carbonyl (C=O) groups excluding carboxylic acids is 2. The summed E-state index contributed by atoms with van der Waals surface area (Å²) >= 11 is 0. The number of anilines is 1. The lowest BCUT2D eigenvalue weighted by molar-refractivity contribution is -0.139. The average molecular weight is 397 g/mol. The predicted molar refractivity (Wildman–Crippen MR) is 96.8 cm³/mol. The molecule has 28 heavy (non-hydrogen) atoms. The summed E-state index contributed by atoms with van der Waals surface area (Å²) in [5.74, 6) is -0.557. The third-order valence-corrected chi connectivity index (χ3v) is 4.84. The van der Waals surface area contributed by atoms with Crippen molar-refractivity contribution < 1.29 is 27.5 Å². The highest BCUT2D eigenvalue weighted by Gasteiger charge is 2.34. The standard InChI is InChI=1S/C19H22F3N3O3/c1-3-28-17(26)16-11(2)23-18(27)24-14(16)10-25-8-4-5-12-6-7-13(9-15(12)25)19(20,21)22/h6-7,9,11H,3-5,8,10H2,1-2H3,(H2,23,24,27)/t11-/m0/s1. The van der Waals surface area contributed by atoms with Gasteiger partial charge in [0.25, 0.3) is 0 Å². The molecular weight excluding hydrogens is 375 g/mol. The number of hydrogen-bond acceptors (Lipinski definition) is 4. The van der Waals surface area contributed by atoms with Gasteiger partial charge in [0.15, 0.2) is 0 Å². The molecule has 0 radical (unpaired) electrons. The summed E-state index contributed by atoms with van der Waals surface area (Å²) in [6.07, 6.45) is -2.99. The second-order valence-electron chi connectivity index (χ2n) is 6.80. The molecule has 2 N–H and O–H groups in total. The number of nitrogens with zero attached hydrogens (tertiary/aromatic N) is 1. The van der Waals surface area contributed by atoms with Crippen LogP contribution in [-0.2, 0) is 22.1 Å². The molecule has 6 nitrogen and oxygen atoms in total. The minimum atomic E-state index is -4.44. The molecule has 1 atom stereocenters. The quantitative estimate of drug-likeness (QED) is 0.767. The first-order valence-electron chi connectivity index (χ1n) is 9.13. The SMILES string of the molecule is CCOC(=O)C1=C(CN2CCCc3ccc(C(F)(F)F)cc32)NC(=O)N[C@H]1C. The van der Waals surface area contributed by atoms with Crippen molar-refractivity contribution in [2.45, 2.75) is 38.9 Å². The van der Waals surface area contributed by atoms with Crippen LogP contribution >= 0.6 is 0 Å². The molecule has 0 saturated carbocycles. The fourth-order valence-electron chi connectivity index (χ4n) is 3.59. The number of nitrogens with one attached hydrogen (secondary N) is 2. The minimum Gasteiger partial charge on any atom is -0.463 e. The Labute approximate surface area is 160 Å². The maximum Gasteiger partial charge on any atom is 0.416 e. The Balaban J connectivity index is 1.97. The highest BCUT2D eigenvalue weighted by molar-refractivity contribution is 5.95. The van der Waals surface area contributed by atoms with Gasteiger partial charge in [-0.15, -0.1) is 0 Å². The Morgan fingerprint density at radius 3 is 2.79 bits per heavy atom. The number of alkyl halides is 3. The number of urea groups is 1. The lowest BCUT2D eigenvalue weighted by Gasteiger charge is -2.35. The molecule has 3 rings (SSSR count). The van der Waals surface area contributed by atoms with Crippen LogP contribution in [0, 0.1) is 0 Å². The van der Waals surface area contributed by atoms with E-state index in [9.17, 15) is 22.8 Å². The lowest BCUT2D eigenvalue weighted by Crippen LogP contribution is -2.51. The van der Waals surface area contributed by atoms with Gasteiger partial charge >= 0.3 is 18.2 Å². The highest BCUT2D eigenvalue weighted by Crippen LogP contribution is 2.36. The molecule has 0 aromatic heterocycles. The molecule has 2 amide bonds. The molecule has 1 aromatic rings. The highest BCUT2D eigenvalue weighted by atomic mass is 19.4. The number of ether oxygens (including phenoxy) is 1. The summed E-state index contributed by atoms with van der Waals surface area (Å²) in [4.78, 5) is 26.0. The van der Waals surface area contributed by atoms with Crippen LogP contribution in [0.1, 0.15) is 31.4 Å². The Morgan fingerprint density at radius 2 is 2.11 bits per heavy atom. The average Bonchev–Trinajstić information content (AvgIpc) is 2.60. The van der Waals surface area contributed by atoms with Gasteiger partial charge in [0, 0.05) is 12.2 Å². The molecule has 2 heterocycles. The summed E-state index contributed by atoms with van der Waals surface area (Å²) in [5.41, 5.74) is 1.18. The first-order valence-corrected chi connectivity index (χ1v) is 9.13. The number of rotatable bonds is 4. The molecule has 9 heteroatoms. The van der Waals surface area contributed by atoms with Crippen LogP contribution in [-0.4, -0.2) is 37.7 Å². The fraction of sp³-hybridized carbons (Fsp3) is 0.474. The smallest absolute Gasteiger partial charge is 0.416 e. The third-order valence-electron chi connectivity index (χ3n) is 4.84. The second-order valence-corrected chi connectivity index (χ2v) is 6.80. The summed E-state index contributed by atoms with van der Waals surface area (Å²) in [7, 11) is 0. The van der Waals surface area contributed by atoms with Crippen molar-refractivity contribution in [2.75, 3.05) is 24.6 Å². The van der Waals surface area contributed by atoms with Crippen molar-refractivity contribution in [1.29, 1.82) is 0 Å². The molecule has 2 aliphatic rings. The van der Waals surface area contributed by atoms with Gasteiger partial charge in [-0.25, -0.2) is 9.59 Å². The van der Waals surface area contributed by atoms with Crippen molar-refractivity contribution in [2.24, 2.45) is 0 Å². The van der Waals surface area contributed by atoms with Gasteiger partial charge in [0.2, 0.25) is 0 Å². The Bertz CT molecular complexity index is 820. The predicted octanol–water partition coefficient (Wildman–Crippen LogP) is 2.98. The number of amides is 2. The van der Waals surface area contributed by atoms with E-state index in [-0.39, 0.29) is 18.7 Å². The van der Waals surface area contributed by atoms with Crippen LogP contribution in [0.25, 0.3) is 0 Å². The lowest BCUT2D eigenvalue weighted by atomic mass is 9.98. The largest absolute Gasteiger partial charge is 0.463 e. The van der Waals surface area contributed by atoms with E-state index in [1.54, 1.807) is 18.7 Å². The van der Waals surface area contributed by atoms with E-state index in [0.29, 0.717) is 24.4 Å². The van der Waals surface area contributed by atoms with Crippen LogP contribution < -0.4 is 15.5 Å². The molecule has 0 bridgehead atoms. The van der Waals surface area contributed by atoms with Gasteiger partial charge in [-0.05, 0) is 44.4 Å². The Kier molecular flexibility index (Phi) is 5.53. The van der Waals surface area contributed by atoms with Crippen molar-refractivity contribution in [3.05, 3.63) is 40.6 Å². The van der Waals surface area contributed by atoms with E-state index in [2.05, 4.69) is 10.6 Å². The first kappa shape index (κ1) is 20.0. The van der Waals surface area contributed by atoms with Crippen molar-refractivity contribution in [3.8, 4) is 0 Å². The summed E-state index contributed by atoms with van der Waals surface area (Å²) < 4.78 is 44.5. The minimum absolute atomic E-state index is 0.111. The summed E-state index contributed by atoms with van der Waals surface area (Å²) in [6, 6.07) is 2.69. The number of esters is 1. The number of benzene rings is 1.